The number of ether oxygens (including phenoxy) is 3. The molecule has 1 aromatic carbocycles. The Kier molecular flexibility index (Phi) is 5.94. The van der Waals surface area contributed by atoms with Crippen LogP contribution in [-0.2, 0) is 15.7 Å². The summed E-state index contributed by atoms with van der Waals surface area (Å²) in [5.74, 6) is -1.37. The number of methoxy groups -OCH3 is 3. The first-order chi connectivity index (χ1) is 12.1. The molecular weight excluding hydrogens is 378 g/mol. The molecule has 0 bridgehead atoms. The predicted molar refractivity (Wildman–Crippen MR) is 88.3 cm³/mol. The first-order valence-corrected chi connectivity index (χ1v) is 7.90. The second-order valence-electron chi connectivity index (χ2n) is 5.59. The number of nitrogens with zero attached hydrogens (tertiary/aromatic N) is 1. The van der Waals surface area contributed by atoms with Gasteiger partial charge in [-0.05, 0) is 12.1 Å². The monoisotopic (exact) mass is 395 g/mol. The molecule has 0 spiro atoms. The van der Waals surface area contributed by atoms with E-state index in [9.17, 15) is 22.4 Å². The van der Waals surface area contributed by atoms with Crippen molar-refractivity contribution in [2.24, 2.45) is 0 Å². The van der Waals surface area contributed by atoms with Crippen LogP contribution in [0.4, 0.5) is 17.6 Å². The number of carbonyl (C=O) groups excluding carboxylic acids is 1. The third-order valence-corrected chi connectivity index (χ3v) is 4.49. The largest absolute Gasteiger partial charge is 0.493 e. The summed E-state index contributed by atoms with van der Waals surface area (Å²) in [6.45, 7) is -0.214. The first kappa shape index (κ1) is 20.2. The van der Waals surface area contributed by atoms with Crippen LogP contribution in [0.5, 0.6) is 11.5 Å². The number of hydrogen-bond donors (Lipinski definition) is 0. The van der Waals surface area contributed by atoms with Gasteiger partial charge in [0.25, 0.3) is 0 Å². The SMILES string of the molecule is COC(=O)[C@H]1C[C@H](F)CN1C(=S)c1cc(OC)c(OC)c(C(F)(F)F)c1. The fraction of sp³-hybridized carbons (Fsp3) is 0.500. The minimum atomic E-state index is -4.72. The Hall–Kier alpha value is -2.10. The van der Waals surface area contributed by atoms with Gasteiger partial charge in [-0.15, -0.1) is 0 Å². The molecule has 0 aromatic heterocycles. The number of likely N-dealkylation sites (tertiary alicyclic amines) is 1. The number of thiocarbonyl (C=S) groups is 1. The molecule has 0 unspecified atom stereocenters. The first-order valence-electron chi connectivity index (χ1n) is 7.50. The third kappa shape index (κ3) is 3.84. The van der Waals surface area contributed by atoms with E-state index in [0.717, 1.165) is 20.3 Å². The van der Waals surface area contributed by atoms with E-state index in [4.69, 9.17) is 21.7 Å². The summed E-state index contributed by atoms with van der Waals surface area (Å²) >= 11 is 5.23. The lowest BCUT2D eigenvalue weighted by atomic mass is 10.1. The van der Waals surface area contributed by atoms with Crippen LogP contribution in [0.25, 0.3) is 0 Å². The highest BCUT2D eigenvalue weighted by molar-refractivity contribution is 7.80. The molecule has 0 N–H and O–H groups in total. The molecule has 1 aromatic rings. The molecule has 1 aliphatic heterocycles. The van der Waals surface area contributed by atoms with Crippen molar-refractivity contribution >= 4 is 23.2 Å². The molecule has 5 nitrogen and oxygen atoms in total. The lowest BCUT2D eigenvalue weighted by molar-refractivity contribution is -0.144. The molecule has 144 valence electrons. The molecule has 1 fully saturated rings. The number of halogens is 4. The average Bonchev–Trinajstić information content (AvgIpc) is 2.99. The van der Waals surface area contributed by atoms with Crippen LogP contribution in [0.15, 0.2) is 12.1 Å². The van der Waals surface area contributed by atoms with Gasteiger partial charge in [-0.25, -0.2) is 9.18 Å². The van der Waals surface area contributed by atoms with E-state index in [2.05, 4.69) is 4.74 Å². The van der Waals surface area contributed by atoms with Crippen LogP contribution in [-0.4, -0.2) is 55.9 Å². The normalized spacial score (nSPS) is 20.0. The third-order valence-electron chi connectivity index (χ3n) is 4.02. The van der Waals surface area contributed by atoms with Gasteiger partial charge in [0.15, 0.2) is 11.5 Å². The van der Waals surface area contributed by atoms with Gasteiger partial charge in [0.05, 0.1) is 27.9 Å². The predicted octanol–water partition coefficient (Wildman–Crippen LogP) is 2.98. The fourth-order valence-corrected chi connectivity index (χ4v) is 3.15. The second-order valence-corrected chi connectivity index (χ2v) is 5.97. The zero-order valence-corrected chi connectivity index (χ0v) is 15.0. The van der Waals surface area contributed by atoms with E-state index < -0.39 is 35.7 Å². The molecule has 10 heteroatoms. The molecule has 2 rings (SSSR count). The zero-order valence-electron chi connectivity index (χ0n) is 14.2. The summed E-state index contributed by atoms with van der Waals surface area (Å²) in [4.78, 5) is 13.0. The Bertz CT molecular complexity index is 710. The van der Waals surface area contributed by atoms with Crippen LogP contribution in [0.2, 0.25) is 0 Å². The maximum absolute atomic E-state index is 13.8. The number of esters is 1. The fourth-order valence-electron chi connectivity index (χ4n) is 2.83. The van der Waals surface area contributed by atoms with E-state index in [1.165, 1.54) is 18.1 Å². The molecule has 26 heavy (non-hydrogen) atoms. The lowest BCUT2D eigenvalue weighted by Gasteiger charge is -2.26. The molecule has 0 saturated carbocycles. The minimum absolute atomic E-state index is 0.0343. The van der Waals surface area contributed by atoms with Crippen LogP contribution >= 0.6 is 12.2 Å². The maximum atomic E-state index is 13.8. The second kappa shape index (κ2) is 7.65. The van der Waals surface area contributed by atoms with E-state index in [-0.39, 0.29) is 29.3 Å². The highest BCUT2D eigenvalue weighted by Gasteiger charge is 2.41. The van der Waals surface area contributed by atoms with Crippen molar-refractivity contribution in [3.8, 4) is 11.5 Å². The van der Waals surface area contributed by atoms with Gasteiger partial charge < -0.3 is 19.1 Å². The summed E-state index contributed by atoms with van der Waals surface area (Å²) in [5.41, 5.74) is -1.12. The van der Waals surface area contributed by atoms with Gasteiger partial charge in [0, 0.05) is 12.0 Å². The summed E-state index contributed by atoms with van der Waals surface area (Å²) < 4.78 is 68.3. The van der Waals surface area contributed by atoms with Crippen molar-refractivity contribution in [1.82, 2.24) is 4.90 Å². The number of carbonyl (C=O) groups is 1. The zero-order chi connectivity index (χ0) is 19.6. The van der Waals surface area contributed by atoms with Gasteiger partial charge in [-0.2, -0.15) is 13.2 Å². The van der Waals surface area contributed by atoms with Gasteiger partial charge in [-0.3, -0.25) is 0 Å². The number of hydrogen-bond acceptors (Lipinski definition) is 5. The van der Waals surface area contributed by atoms with Crippen molar-refractivity contribution in [2.75, 3.05) is 27.9 Å². The van der Waals surface area contributed by atoms with Crippen molar-refractivity contribution in [3.05, 3.63) is 23.3 Å². The smallest absolute Gasteiger partial charge is 0.420 e. The van der Waals surface area contributed by atoms with Crippen molar-refractivity contribution in [2.45, 2.75) is 24.8 Å². The van der Waals surface area contributed by atoms with Crippen LogP contribution in [0.3, 0.4) is 0 Å². The Morgan fingerprint density at radius 3 is 2.38 bits per heavy atom. The van der Waals surface area contributed by atoms with Crippen molar-refractivity contribution in [3.63, 3.8) is 0 Å². The van der Waals surface area contributed by atoms with Crippen molar-refractivity contribution < 1.29 is 36.6 Å². The molecule has 0 radical (unpaired) electrons. The Labute approximate surface area is 152 Å². The summed E-state index contributed by atoms with van der Waals surface area (Å²) in [6, 6.07) is 1.06. The van der Waals surface area contributed by atoms with E-state index in [1.807, 2.05) is 0 Å². The van der Waals surface area contributed by atoms with Crippen LogP contribution in [0.1, 0.15) is 17.5 Å². The summed E-state index contributed by atoms with van der Waals surface area (Å²) in [6.07, 6.45) is -6.22. The molecule has 0 amide bonds. The average molecular weight is 395 g/mol. The summed E-state index contributed by atoms with van der Waals surface area (Å²) in [5, 5.41) is 0. The number of alkyl halides is 4. The van der Waals surface area contributed by atoms with Gasteiger partial charge in [0.2, 0.25) is 0 Å². The van der Waals surface area contributed by atoms with Gasteiger partial charge >= 0.3 is 12.1 Å². The van der Waals surface area contributed by atoms with Crippen molar-refractivity contribution in [1.29, 1.82) is 0 Å². The van der Waals surface area contributed by atoms with Crippen LogP contribution < -0.4 is 9.47 Å². The standard InChI is InChI=1S/C16H17F4NO4S/c1-23-12-5-8(4-10(13(12)24-2)16(18,19)20)14(26)21-7-9(17)6-11(21)15(22)25-3/h4-5,9,11H,6-7H2,1-3H3/t9-,11+/m0/s1. The topological polar surface area (TPSA) is 48.0 Å². The minimum Gasteiger partial charge on any atom is -0.493 e. The van der Waals surface area contributed by atoms with E-state index in [0.29, 0.717) is 0 Å². The molecule has 1 aliphatic rings. The van der Waals surface area contributed by atoms with Crippen LogP contribution in [0, 0.1) is 0 Å². The van der Waals surface area contributed by atoms with E-state index >= 15 is 0 Å². The molecular formula is C16H17F4NO4S. The Balaban J connectivity index is 2.50. The van der Waals surface area contributed by atoms with Gasteiger partial charge in [0.1, 0.15) is 22.8 Å². The highest BCUT2D eigenvalue weighted by Crippen LogP contribution is 2.43. The molecule has 0 aliphatic carbocycles. The molecule has 2 atom stereocenters. The lowest BCUT2D eigenvalue weighted by Crippen LogP contribution is -2.40. The Morgan fingerprint density at radius 1 is 1.23 bits per heavy atom. The number of benzene rings is 1. The highest BCUT2D eigenvalue weighted by atomic mass is 32.1. The Morgan fingerprint density at radius 2 is 1.88 bits per heavy atom. The molecule has 1 saturated heterocycles. The van der Waals surface area contributed by atoms with E-state index in [1.54, 1.807) is 0 Å². The molecule has 1 heterocycles. The quantitative estimate of drug-likeness (QED) is 0.444. The maximum Gasteiger partial charge on any atom is 0.420 e. The van der Waals surface area contributed by atoms with Gasteiger partial charge in [-0.1, -0.05) is 12.2 Å². The summed E-state index contributed by atoms with van der Waals surface area (Å²) in [7, 11) is 3.43. The number of rotatable bonds is 4.